The lowest BCUT2D eigenvalue weighted by molar-refractivity contribution is -0.156. The van der Waals surface area contributed by atoms with Gasteiger partial charge in [-0.2, -0.15) is 0 Å². The molecular weight excluding hydrogens is 889 g/mol. The zero-order valence-electron chi connectivity index (χ0n) is 39.0. The first kappa shape index (κ1) is 52.9. The van der Waals surface area contributed by atoms with Crippen LogP contribution in [0.1, 0.15) is 108 Å². The Morgan fingerprint density at radius 2 is 1.38 bits per heavy atom. The number of amides is 3. The SMILES string of the molecule is COc1cc2c(c(F)c1OCCCOc1c(OC)cc3sc(C(=O)CCC(=O)O[C@@H](C)CNC(=O)CCOCCNC(=O)OC(C)(C)C)cc3c1F)CN(C(=O)CCC(=O)OC(C)(C)C)C2. The van der Waals surface area contributed by atoms with E-state index in [-0.39, 0.29) is 142 Å². The van der Waals surface area contributed by atoms with Gasteiger partial charge < -0.3 is 53.4 Å². The molecule has 66 heavy (non-hydrogen) atoms. The summed E-state index contributed by atoms with van der Waals surface area (Å²) in [6.07, 6.45) is -1.62. The summed E-state index contributed by atoms with van der Waals surface area (Å²) in [5, 5.41) is 5.32. The molecule has 364 valence electrons. The van der Waals surface area contributed by atoms with Crippen molar-refractivity contribution in [2.75, 3.05) is 53.7 Å². The Balaban J connectivity index is 1.20. The van der Waals surface area contributed by atoms with E-state index < -0.39 is 52.8 Å². The Hall–Kier alpha value is -5.76. The fraction of sp³-hybridized carbons (Fsp3) is 0.565. The zero-order valence-corrected chi connectivity index (χ0v) is 39.9. The van der Waals surface area contributed by atoms with E-state index in [0.29, 0.717) is 10.3 Å². The number of Topliss-reactive ketones (excluding diaryl/α,β-unsaturated/α-hetero) is 1. The molecule has 3 aromatic rings. The van der Waals surface area contributed by atoms with Gasteiger partial charge in [0.1, 0.15) is 17.3 Å². The lowest BCUT2D eigenvalue weighted by Crippen LogP contribution is -2.35. The van der Waals surface area contributed by atoms with Gasteiger partial charge in [0.2, 0.25) is 11.8 Å². The largest absolute Gasteiger partial charge is 0.493 e. The van der Waals surface area contributed by atoms with Crippen LogP contribution in [0.15, 0.2) is 18.2 Å². The number of halogens is 2. The number of hydrogen-bond acceptors (Lipinski definition) is 15. The average Bonchev–Trinajstić information content (AvgIpc) is 3.88. The van der Waals surface area contributed by atoms with Crippen LogP contribution in [0.25, 0.3) is 10.1 Å². The number of esters is 2. The second kappa shape index (κ2) is 24.1. The van der Waals surface area contributed by atoms with E-state index in [1.165, 1.54) is 25.2 Å². The summed E-state index contributed by atoms with van der Waals surface area (Å²) in [7, 11) is 2.71. The Bertz CT molecular complexity index is 2220. The van der Waals surface area contributed by atoms with Gasteiger partial charge in [-0.3, -0.25) is 24.0 Å². The number of rotatable bonds is 24. The van der Waals surface area contributed by atoms with E-state index >= 15 is 8.78 Å². The number of methoxy groups -OCH3 is 2. The summed E-state index contributed by atoms with van der Waals surface area (Å²) in [4.78, 5) is 76.1. The molecule has 17 nitrogen and oxygen atoms in total. The number of carbonyl (C=O) groups is 6. The monoisotopic (exact) mass is 949 g/mol. The van der Waals surface area contributed by atoms with Crippen LogP contribution in [-0.2, 0) is 51.2 Å². The third-order valence-corrected chi connectivity index (χ3v) is 10.6. The van der Waals surface area contributed by atoms with Gasteiger partial charge in [0, 0.05) is 67.0 Å². The highest BCUT2D eigenvalue weighted by Crippen LogP contribution is 2.41. The fourth-order valence-electron chi connectivity index (χ4n) is 6.43. The number of fused-ring (bicyclic) bond motifs is 2. The molecule has 1 atom stereocenters. The number of thiophene rings is 1. The molecule has 20 heteroatoms. The average molecular weight is 950 g/mol. The highest BCUT2D eigenvalue weighted by atomic mass is 32.1. The molecule has 0 spiro atoms. The van der Waals surface area contributed by atoms with E-state index in [9.17, 15) is 28.8 Å². The van der Waals surface area contributed by atoms with Crippen LogP contribution in [0, 0.1) is 11.6 Å². The van der Waals surface area contributed by atoms with Gasteiger partial charge in [-0.25, -0.2) is 13.6 Å². The topological polar surface area (TPSA) is 204 Å². The highest BCUT2D eigenvalue weighted by Gasteiger charge is 2.31. The minimum absolute atomic E-state index is 0.0103. The van der Waals surface area contributed by atoms with Crippen LogP contribution in [0.4, 0.5) is 13.6 Å². The summed E-state index contributed by atoms with van der Waals surface area (Å²) in [6.45, 7) is 12.6. The van der Waals surface area contributed by atoms with Crippen LogP contribution in [0.2, 0.25) is 0 Å². The van der Waals surface area contributed by atoms with Gasteiger partial charge in [-0.15, -0.1) is 11.3 Å². The second-order valence-corrected chi connectivity index (χ2v) is 18.4. The Morgan fingerprint density at radius 1 is 0.742 bits per heavy atom. The number of ketones is 1. The standard InChI is InChI=1S/C46H61F2N3O14S/c1-27(24-50-36(53)15-19-60-20-16-49-44(57)65-46(5,6)7)63-38(55)13-11-31(52)35-22-29-34(66-35)23-33(59-9)43(40(29)47)62-18-10-17-61-42-32(58-8)21-28-25-51(26-30(28)41(42)48)37(54)12-14-39(56)64-45(2,3)4/h21-23,27H,10-20,24-26H2,1-9H3,(H,49,57)(H,50,53)/t27-/m0/s1. The number of alkyl carbamates (subject to hydrolysis) is 1. The van der Waals surface area contributed by atoms with Crippen molar-refractivity contribution in [2.24, 2.45) is 0 Å². The number of nitrogens with one attached hydrogen (secondary N) is 2. The molecule has 4 rings (SSSR count). The summed E-state index contributed by atoms with van der Waals surface area (Å²) in [6, 6.07) is 4.54. The molecule has 3 amide bonds. The van der Waals surface area contributed by atoms with E-state index in [0.717, 1.165) is 11.3 Å². The van der Waals surface area contributed by atoms with Crippen molar-refractivity contribution in [2.45, 2.75) is 117 Å². The first-order valence-electron chi connectivity index (χ1n) is 21.6. The van der Waals surface area contributed by atoms with Crippen molar-refractivity contribution in [1.82, 2.24) is 15.5 Å². The molecule has 2 N–H and O–H groups in total. The number of benzene rings is 2. The number of hydrogen-bond donors (Lipinski definition) is 2. The van der Waals surface area contributed by atoms with Crippen LogP contribution >= 0.6 is 11.3 Å². The van der Waals surface area contributed by atoms with Crippen molar-refractivity contribution in [3.05, 3.63) is 45.8 Å². The van der Waals surface area contributed by atoms with E-state index in [4.69, 9.17) is 37.9 Å². The predicted octanol–water partition coefficient (Wildman–Crippen LogP) is 6.95. The zero-order chi connectivity index (χ0) is 48.8. The molecular formula is C46H61F2N3O14S. The molecule has 0 aliphatic carbocycles. The maximum Gasteiger partial charge on any atom is 0.407 e. The molecule has 0 radical (unpaired) electrons. The van der Waals surface area contributed by atoms with Crippen LogP contribution in [0.5, 0.6) is 23.0 Å². The minimum Gasteiger partial charge on any atom is -0.493 e. The van der Waals surface area contributed by atoms with E-state index in [1.54, 1.807) is 60.6 Å². The highest BCUT2D eigenvalue weighted by molar-refractivity contribution is 7.20. The predicted molar refractivity (Wildman–Crippen MR) is 238 cm³/mol. The van der Waals surface area contributed by atoms with Gasteiger partial charge in [-0.05, 0) is 66.2 Å². The van der Waals surface area contributed by atoms with E-state index in [2.05, 4.69) is 10.6 Å². The lowest BCUT2D eigenvalue weighted by atomic mass is 10.1. The second-order valence-electron chi connectivity index (χ2n) is 17.3. The molecule has 2 heterocycles. The fourth-order valence-corrected chi connectivity index (χ4v) is 7.48. The van der Waals surface area contributed by atoms with Crippen molar-refractivity contribution in [3.63, 3.8) is 0 Å². The van der Waals surface area contributed by atoms with Gasteiger partial charge in [0.25, 0.3) is 0 Å². The van der Waals surface area contributed by atoms with Gasteiger partial charge in [0.05, 0.1) is 64.9 Å². The minimum atomic E-state index is -0.755. The van der Waals surface area contributed by atoms with Gasteiger partial charge in [-0.1, -0.05) is 0 Å². The number of nitrogens with zero attached hydrogens (tertiary/aromatic N) is 1. The number of carbonyl (C=O) groups excluding carboxylic acids is 6. The third kappa shape index (κ3) is 16.3. The Morgan fingerprint density at radius 3 is 2.03 bits per heavy atom. The van der Waals surface area contributed by atoms with Crippen molar-refractivity contribution >= 4 is 57.1 Å². The molecule has 0 bridgehead atoms. The molecule has 0 fully saturated rings. The number of ether oxygens (including phenoxy) is 8. The molecule has 1 aromatic heterocycles. The lowest BCUT2D eigenvalue weighted by Gasteiger charge is -2.20. The van der Waals surface area contributed by atoms with Crippen molar-refractivity contribution < 1.29 is 75.4 Å². The van der Waals surface area contributed by atoms with Crippen molar-refractivity contribution in [1.29, 1.82) is 0 Å². The first-order chi connectivity index (χ1) is 31.1. The quantitative estimate of drug-likeness (QED) is 0.0404. The molecule has 0 unspecified atom stereocenters. The van der Waals surface area contributed by atoms with Crippen LogP contribution in [-0.4, -0.2) is 112 Å². The van der Waals surface area contributed by atoms with Crippen molar-refractivity contribution in [3.8, 4) is 23.0 Å². The van der Waals surface area contributed by atoms with E-state index in [1.807, 2.05) is 0 Å². The summed E-state index contributed by atoms with van der Waals surface area (Å²) in [5.41, 5.74) is -0.461. The molecule has 1 aliphatic rings. The molecule has 1 aliphatic heterocycles. The first-order valence-corrected chi connectivity index (χ1v) is 22.4. The van der Waals surface area contributed by atoms with Gasteiger partial charge >= 0.3 is 18.0 Å². The summed E-state index contributed by atoms with van der Waals surface area (Å²) < 4.78 is 75.5. The van der Waals surface area contributed by atoms with Crippen LogP contribution < -0.4 is 29.6 Å². The maximum absolute atomic E-state index is 15.9. The third-order valence-electron chi connectivity index (χ3n) is 9.45. The Kier molecular flexibility index (Phi) is 19.3. The summed E-state index contributed by atoms with van der Waals surface area (Å²) in [5.74, 6) is -3.75. The van der Waals surface area contributed by atoms with Crippen LogP contribution in [0.3, 0.4) is 0 Å². The summed E-state index contributed by atoms with van der Waals surface area (Å²) >= 11 is 1.03. The Labute approximate surface area is 387 Å². The smallest absolute Gasteiger partial charge is 0.407 e. The molecule has 0 saturated carbocycles. The molecule has 0 saturated heterocycles. The maximum atomic E-state index is 15.9. The molecule has 2 aromatic carbocycles. The normalized spacial score (nSPS) is 12.8. The van der Waals surface area contributed by atoms with Gasteiger partial charge in [0.15, 0.2) is 40.4 Å².